The summed E-state index contributed by atoms with van der Waals surface area (Å²) in [6.07, 6.45) is 4.71. The monoisotopic (exact) mass is 355 g/mol. The molecule has 1 aliphatic rings. The van der Waals surface area contributed by atoms with Crippen LogP contribution < -0.4 is 16.0 Å². The topological polar surface area (TPSA) is 96.5 Å². The van der Waals surface area contributed by atoms with Crippen LogP contribution in [0.4, 0.5) is 4.79 Å². The predicted molar refractivity (Wildman–Crippen MR) is 93.2 cm³/mol. The summed E-state index contributed by atoms with van der Waals surface area (Å²) in [4.78, 5) is 35.3. The molecule has 0 saturated carbocycles. The number of hydrogen-bond donors (Lipinski definition) is 3. The molecule has 1 fully saturated rings. The Morgan fingerprint density at radius 3 is 2.46 bits per heavy atom. The molecule has 0 radical (unpaired) electrons. The molecule has 8 heteroatoms. The van der Waals surface area contributed by atoms with E-state index in [4.69, 9.17) is 11.2 Å². The van der Waals surface area contributed by atoms with Gasteiger partial charge in [0.25, 0.3) is 0 Å². The minimum atomic E-state index is -0.683. The van der Waals surface area contributed by atoms with E-state index in [1.165, 1.54) is 11.8 Å². The van der Waals surface area contributed by atoms with E-state index in [2.05, 4.69) is 21.9 Å². The molecule has 7 nitrogen and oxygen atoms in total. The zero-order chi connectivity index (χ0) is 18.5. The Morgan fingerprint density at radius 1 is 1.33 bits per heavy atom. The number of rotatable bonds is 6. The summed E-state index contributed by atoms with van der Waals surface area (Å²) in [5.74, 6) is 1.91. The van der Waals surface area contributed by atoms with Gasteiger partial charge in [-0.15, -0.1) is 18.2 Å². The summed E-state index contributed by atoms with van der Waals surface area (Å²) in [5, 5.41) is 7.58. The van der Waals surface area contributed by atoms with E-state index < -0.39 is 22.5 Å². The number of amides is 3. The quantitative estimate of drug-likeness (QED) is 0.488. The van der Waals surface area contributed by atoms with Crippen LogP contribution in [0.15, 0.2) is 0 Å². The Kier molecular flexibility index (Phi) is 6.55. The number of terminal acetylenes is 1. The fraction of sp³-hybridized carbons (Fsp3) is 0.688. The van der Waals surface area contributed by atoms with Gasteiger partial charge in [-0.05, 0) is 20.8 Å². The van der Waals surface area contributed by atoms with E-state index in [0.29, 0.717) is 0 Å². The van der Waals surface area contributed by atoms with Gasteiger partial charge in [-0.2, -0.15) is 0 Å². The lowest BCUT2D eigenvalue weighted by Crippen LogP contribution is -2.68. The van der Waals surface area contributed by atoms with Gasteiger partial charge >= 0.3 is 6.09 Å². The molecule has 0 aliphatic carbocycles. The normalized spacial score (nSPS) is 20.2. The molecule has 0 aromatic carbocycles. The van der Waals surface area contributed by atoms with Crippen LogP contribution >= 0.6 is 11.8 Å². The molecule has 0 aromatic heterocycles. The summed E-state index contributed by atoms with van der Waals surface area (Å²) in [6.45, 7) is 9.21. The third kappa shape index (κ3) is 6.71. The Morgan fingerprint density at radius 2 is 1.96 bits per heavy atom. The number of carbonyl (C=O) groups is 3. The van der Waals surface area contributed by atoms with Gasteiger partial charge in [0, 0.05) is 11.2 Å². The van der Waals surface area contributed by atoms with E-state index in [0.717, 1.165) is 0 Å². The van der Waals surface area contributed by atoms with Crippen LogP contribution in [0.2, 0.25) is 0 Å². The van der Waals surface area contributed by atoms with E-state index in [1.807, 2.05) is 13.8 Å². The highest BCUT2D eigenvalue weighted by atomic mass is 32.2. The van der Waals surface area contributed by atoms with Crippen molar-refractivity contribution in [3.05, 3.63) is 0 Å². The van der Waals surface area contributed by atoms with Crippen LogP contribution in [0.25, 0.3) is 0 Å². The molecule has 0 aromatic rings. The van der Waals surface area contributed by atoms with Crippen LogP contribution in [0.3, 0.4) is 0 Å². The second-order valence-corrected chi connectivity index (χ2v) is 8.94. The predicted octanol–water partition coefficient (Wildman–Crippen LogP) is 0.987. The average molecular weight is 355 g/mol. The molecule has 2 atom stereocenters. The third-order valence-corrected chi connectivity index (χ3v) is 4.39. The first-order valence-corrected chi connectivity index (χ1v) is 8.49. The maximum Gasteiger partial charge on any atom is 0.408 e. The molecule has 1 heterocycles. The number of alkyl carbamates (subject to hydrolysis) is 1. The van der Waals surface area contributed by atoms with Crippen molar-refractivity contribution in [3.8, 4) is 12.3 Å². The van der Waals surface area contributed by atoms with Crippen LogP contribution in [0.1, 0.15) is 41.0 Å². The summed E-state index contributed by atoms with van der Waals surface area (Å²) < 4.78 is 4.72. The molecule has 0 spiro atoms. The highest BCUT2D eigenvalue weighted by Gasteiger charge is 2.44. The fourth-order valence-electron chi connectivity index (χ4n) is 2.01. The molecular formula is C16H25N3O4S. The molecule has 1 rings (SSSR count). The average Bonchev–Trinajstić information content (AvgIpc) is 2.39. The first-order valence-electron chi connectivity index (χ1n) is 7.61. The van der Waals surface area contributed by atoms with Crippen LogP contribution in [-0.2, 0) is 14.3 Å². The van der Waals surface area contributed by atoms with Gasteiger partial charge in [0.05, 0.1) is 6.54 Å². The van der Waals surface area contributed by atoms with Crippen molar-refractivity contribution >= 4 is 29.7 Å². The zero-order valence-corrected chi connectivity index (χ0v) is 15.5. The summed E-state index contributed by atoms with van der Waals surface area (Å²) in [5.41, 5.74) is -0.638. The largest absolute Gasteiger partial charge is 0.444 e. The van der Waals surface area contributed by atoms with Crippen molar-refractivity contribution in [1.82, 2.24) is 16.0 Å². The summed E-state index contributed by atoms with van der Waals surface area (Å²) >= 11 is 1.41. The van der Waals surface area contributed by atoms with Crippen molar-refractivity contribution in [2.75, 3.05) is 6.54 Å². The minimum Gasteiger partial charge on any atom is -0.444 e. The highest BCUT2D eigenvalue weighted by molar-refractivity contribution is 8.01. The minimum absolute atomic E-state index is 0.159. The van der Waals surface area contributed by atoms with Gasteiger partial charge in [0.1, 0.15) is 17.0 Å². The molecule has 1 aliphatic heterocycles. The lowest BCUT2D eigenvalue weighted by atomic mass is 10.1. The van der Waals surface area contributed by atoms with Gasteiger partial charge < -0.3 is 20.7 Å². The van der Waals surface area contributed by atoms with Crippen molar-refractivity contribution in [2.45, 2.75) is 62.8 Å². The second kappa shape index (κ2) is 7.79. The van der Waals surface area contributed by atoms with E-state index >= 15 is 0 Å². The molecule has 3 amide bonds. The SMILES string of the molecule is C#CCNC(=O)CC(C)(C)S[C@H]1NC(=O)[C@H]1NC(=O)OC(C)(C)C. The number of hydrogen-bond acceptors (Lipinski definition) is 5. The Hall–Kier alpha value is -1.88. The number of β-lactam (4-membered cyclic amide) rings is 1. The Balaban J connectivity index is 2.54. The molecule has 0 bridgehead atoms. The van der Waals surface area contributed by atoms with Crippen molar-refractivity contribution in [3.63, 3.8) is 0 Å². The van der Waals surface area contributed by atoms with Gasteiger partial charge in [0.15, 0.2) is 0 Å². The number of carbonyl (C=O) groups excluding carboxylic acids is 3. The first-order chi connectivity index (χ1) is 10.9. The molecule has 1 saturated heterocycles. The van der Waals surface area contributed by atoms with Gasteiger partial charge in [0.2, 0.25) is 11.8 Å². The number of thioether (sulfide) groups is 1. The fourth-order valence-corrected chi connectivity index (χ4v) is 3.42. The third-order valence-electron chi connectivity index (χ3n) is 2.96. The molecule has 3 N–H and O–H groups in total. The molecule has 134 valence electrons. The van der Waals surface area contributed by atoms with E-state index in [1.54, 1.807) is 20.8 Å². The number of ether oxygens (including phenoxy) is 1. The lowest BCUT2D eigenvalue weighted by molar-refractivity contribution is -0.129. The lowest BCUT2D eigenvalue weighted by Gasteiger charge is -2.40. The smallest absolute Gasteiger partial charge is 0.408 e. The summed E-state index contributed by atoms with van der Waals surface area (Å²) in [6, 6.07) is -0.683. The maximum atomic E-state index is 11.8. The van der Waals surface area contributed by atoms with Crippen molar-refractivity contribution in [2.24, 2.45) is 0 Å². The van der Waals surface area contributed by atoms with Crippen LogP contribution in [0.5, 0.6) is 0 Å². The standard InChI is InChI=1S/C16H25N3O4S/c1-7-8-17-10(20)9-16(5,6)24-13-11(12(21)19-13)18-14(22)23-15(2,3)4/h1,11,13H,8-9H2,2-6H3,(H,17,20)(H,18,22)(H,19,21)/t11-,13-/m1/s1. The second-order valence-electron chi connectivity index (χ2n) is 7.09. The van der Waals surface area contributed by atoms with Gasteiger partial charge in [-0.1, -0.05) is 19.8 Å². The highest BCUT2D eigenvalue weighted by Crippen LogP contribution is 2.35. The Bertz CT molecular complexity index is 549. The maximum absolute atomic E-state index is 11.8. The van der Waals surface area contributed by atoms with Crippen LogP contribution in [-0.4, -0.2) is 46.2 Å². The van der Waals surface area contributed by atoms with E-state index in [-0.39, 0.29) is 30.2 Å². The van der Waals surface area contributed by atoms with Crippen LogP contribution in [0, 0.1) is 12.3 Å². The number of nitrogens with one attached hydrogen (secondary N) is 3. The first kappa shape index (κ1) is 20.2. The van der Waals surface area contributed by atoms with Crippen molar-refractivity contribution < 1.29 is 19.1 Å². The van der Waals surface area contributed by atoms with Crippen molar-refractivity contribution in [1.29, 1.82) is 0 Å². The van der Waals surface area contributed by atoms with E-state index in [9.17, 15) is 14.4 Å². The molecule has 24 heavy (non-hydrogen) atoms. The van der Waals surface area contributed by atoms with Gasteiger partial charge in [-0.25, -0.2) is 4.79 Å². The zero-order valence-electron chi connectivity index (χ0n) is 14.7. The van der Waals surface area contributed by atoms with Gasteiger partial charge in [-0.3, -0.25) is 9.59 Å². The molecular weight excluding hydrogens is 330 g/mol. The Labute approximate surface area is 147 Å². The summed E-state index contributed by atoms with van der Waals surface area (Å²) in [7, 11) is 0. The molecule has 0 unspecified atom stereocenters.